The molecule has 1 aliphatic heterocycles. The number of amides is 1. The maximum Gasteiger partial charge on any atom is 0.291 e. The minimum atomic E-state index is -0.355. The van der Waals surface area contributed by atoms with Crippen molar-refractivity contribution >= 4 is 22.6 Å². The lowest BCUT2D eigenvalue weighted by atomic mass is 10.1. The van der Waals surface area contributed by atoms with Crippen molar-refractivity contribution in [3.8, 4) is 17.2 Å². The average molecular weight is 387 g/mol. The molecule has 0 fully saturated rings. The van der Waals surface area contributed by atoms with Crippen LogP contribution in [0.5, 0.6) is 17.2 Å². The molecule has 6 heteroatoms. The van der Waals surface area contributed by atoms with E-state index in [1.54, 1.807) is 18.2 Å². The molecule has 29 heavy (non-hydrogen) atoms. The lowest BCUT2D eigenvalue weighted by Gasteiger charge is -2.08. The fraction of sp³-hybridized carbons (Fsp3) is 0.0870. The van der Waals surface area contributed by atoms with Gasteiger partial charge in [0.1, 0.15) is 17.9 Å². The predicted octanol–water partition coefficient (Wildman–Crippen LogP) is 4.99. The fourth-order valence-electron chi connectivity index (χ4n) is 3.26. The Hall–Kier alpha value is -3.93. The molecule has 4 aromatic rings. The minimum Gasteiger partial charge on any atom is -0.489 e. The predicted molar refractivity (Wildman–Crippen MR) is 108 cm³/mol. The summed E-state index contributed by atoms with van der Waals surface area (Å²) in [6.07, 6.45) is 0. The summed E-state index contributed by atoms with van der Waals surface area (Å²) in [5.74, 6) is 1.84. The number of carbonyl (C=O) groups excluding carboxylic acids is 1. The summed E-state index contributed by atoms with van der Waals surface area (Å²) in [7, 11) is 0. The SMILES string of the molecule is O=C(Nc1ccc2c(c1)OCO2)c1oc2ccccc2c1COc1ccccc1. The van der Waals surface area contributed by atoms with E-state index in [0.717, 1.165) is 11.1 Å². The zero-order chi connectivity index (χ0) is 19.6. The lowest BCUT2D eigenvalue weighted by Crippen LogP contribution is -2.13. The van der Waals surface area contributed by atoms with E-state index in [2.05, 4.69) is 5.32 Å². The topological polar surface area (TPSA) is 69.9 Å². The molecular weight excluding hydrogens is 370 g/mol. The van der Waals surface area contributed by atoms with Gasteiger partial charge in [-0.3, -0.25) is 4.79 Å². The Bertz CT molecular complexity index is 1180. The molecule has 0 unspecified atom stereocenters. The molecule has 0 saturated heterocycles. The van der Waals surface area contributed by atoms with Crippen LogP contribution in [0, 0.1) is 0 Å². The molecular formula is C23H17NO5. The highest BCUT2D eigenvalue weighted by Crippen LogP contribution is 2.35. The van der Waals surface area contributed by atoms with Gasteiger partial charge in [-0.2, -0.15) is 0 Å². The van der Waals surface area contributed by atoms with Crippen LogP contribution in [0.4, 0.5) is 5.69 Å². The zero-order valence-electron chi connectivity index (χ0n) is 15.4. The van der Waals surface area contributed by atoms with Crippen molar-refractivity contribution in [1.29, 1.82) is 0 Å². The molecule has 0 atom stereocenters. The molecule has 0 saturated carbocycles. The number of hydrogen-bond donors (Lipinski definition) is 1. The Morgan fingerprint density at radius 2 is 1.72 bits per heavy atom. The third-order valence-corrected chi connectivity index (χ3v) is 4.66. The number of anilines is 1. The van der Waals surface area contributed by atoms with Gasteiger partial charge in [0.15, 0.2) is 17.3 Å². The Balaban J connectivity index is 1.44. The molecule has 0 spiro atoms. The van der Waals surface area contributed by atoms with Gasteiger partial charge in [-0.15, -0.1) is 0 Å². The van der Waals surface area contributed by atoms with Crippen molar-refractivity contribution in [3.63, 3.8) is 0 Å². The third-order valence-electron chi connectivity index (χ3n) is 4.66. The zero-order valence-corrected chi connectivity index (χ0v) is 15.4. The van der Waals surface area contributed by atoms with Crippen LogP contribution >= 0.6 is 0 Å². The Morgan fingerprint density at radius 3 is 2.62 bits per heavy atom. The average Bonchev–Trinajstić information content (AvgIpc) is 3.37. The lowest BCUT2D eigenvalue weighted by molar-refractivity contribution is 0.0995. The van der Waals surface area contributed by atoms with Crippen LogP contribution in [-0.4, -0.2) is 12.7 Å². The summed E-state index contributed by atoms with van der Waals surface area (Å²) >= 11 is 0. The van der Waals surface area contributed by atoms with E-state index in [0.29, 0.717) is 28.3 Å². The number of nitrogens with one attached hydrogen (secondary N) is 1. The van der Waals surface area contributed by atoms with Gasteiger partial charge in [0.25, 0.3) is 5.91 Å². The van der Waals surface area contributed by atoms with E-state index in [1.165, 1.54) is 0 Å². The smallest absolute Gasteiger partial charge is 0.291 e. The van der Waals surface area contributed by atoms with Gasteiger partial charge in [-0.25, -0.2) is 0 Å². The van der Waals surface area contributed by atoms with Crippen molar-refractivity contribution in [1.82, 2.24) is 0 Å². The van der Waals surface area contributed by atoms with Crippen LogP contribution in [0.15, 0.2) is 77.2 Å². The van der Waals surface area contributed by atoms with Crippen LogP contribution in [0.1, 0.15) is 16.1 Å². The Kier molecular flexibility index (Phi) is 4.29. The highest BCUT2D eigenvalue weighted by molar-refractivity contribution is 6.06. The first kappa shape index (κ1) is 17.2. The first-order chi connectivity index (χ1) is 14.3. The van der Waals surface area contributed by atoms with Crippen molar-refractivity contribution in [2.45, 2.75) is 6.61 Å². The van der Waals surface area contributed by atoms with Gasteiger partial charge in [-0.1, -0.05) is 36.4 Å². The highest BCUT2D eigenvalue weighted by atomic mass is 16.7. The van der Waals surface area contributed by atoms with Gasteiger partial charge in [-0.05, 0) is 30.3 Å². The number of furan rings is 1. The van der Waals surface area contributed by atoms with Crippen molar-refractivity contribution < 1.29 is 23.4 Å². The van der Waals surface area contributed by atoms with Crippen molar-refractivity contribution in [3.05, 3.63) is 84.1 Å². The monoisotopic (exact) mass is 387 g/mol. The summed E-state index contributed by atoms with van der Waals surface area (Å²) in [6, 6.07) is 22.2. The molecule has 0 radical (unpaired) electrons. The van der Waals surface area contributed by atoms with Gasteiger partial charge >= 0.3 is 0 Å². The number of fused-ring (bicyclic) bond motifs is 2. The van der Waals surface area contributed by atoms with Crippen LogP contribution in [0.2, 0.25) is 0 Å². The van der Waals surface area contributed by atoms with E-state index in [9.17, 15) is 4.79 Å². The number of benzene rings is 3. The maximum absolute atomic E-state index is 13.0. The molecule has 0 bridgehead atoms. The number of rotatable bonds is 5. The second-order valence-electron chi connectivity index (χ2n) is 6.53. The Labute approximate surface area is 166 Å². The molecule has 1 aliphatic rings. The van der Waals surface area contributed by atoms with E-state index >= 15 is 0 Å². The molecule has 1 aromatic heterocycles. The second-order valence-corrected chi connectivity index (χ2v) is 6.53. The quantitative estimate of drug-likeness (QED) is 0.522. The van der Waals surface area contributed by atoms with Gasteiger partial charge in [0, 0.05) is 22.7 Å². The highest BCUT2D eigenvalue weighted by Gasteiger charge is 2.22. The normalized spacial score (nSPS) is 12.1. The van der Waals surface area contributed by atoms with Crippen LogP contribution in [0.25, 0.3) is 11.0 Å². The van der Waals surface area contributed by atoms with E-state index in [4.69, 9.17) is 18.6 Å². The molecule has 5 rings (SSSR count). The van der Waals surface area contributed by atoms with Crippen LogP contribution in [0.3, 0.4) is 0 Å². The third kappa shape index (κ3) is 3.36. The number of para-hydroxylation sites is 2. The largest absolute Gasteiger partial charge is 0.489 e. The molecule has 1 N–H and O–H groups in total. The fourth-order valence-corrected chi connectivity index (χ4v) is 3.26. The van der Waals surface area contributed by atoms with Crippen LogP contribution in [-0.2, 0) is 6.61 Å². The van der Waals surface area contributed by atoms with Crippen molar-refractivity contribution in [2.24, 2.45) is 0 Å². The molecule has 3 aromatic carbocycles. The molecule has 0 aliphatic carbocycles. The number of ether oxygens (including phenoxy) is 3. The van der Waals surface area contributed by atoms with Gasteiger partial charge in [0.2, 0.25) is 6.79 Å². The van der Waals surface area contributed by atoms with Gasteiger partial charge < -0.3 is 23.9 Å². The number of hydrogen-bond acceptors (Lipinski definition) is 5. The summed E-state index contributed by atoms with van der Waals surface area (Å²) in [5.41, 5.74) is 1.92. The molecule has 144 valence electrons. The summed E-state index contributed by atoms with van der Waals surface area (Å²) < 4.78 is 22.4. The van der Waals surface area contributed by atoms with E-state index in [-0.39, 0.29) is 25.1 Å². The van der Waals surface area contributed by atoms with E-state index < -0.39 is 0 Å². The number of carbonyl (C=O) groups is 1. The first-order valence-corrected chi connectivity index (χ1v) is 9.17. The van der Waals surface area contributed by atoms with Crippen LogP contribution < -0.4 is 19.5 Å². The molecule has 1 amide bonds. The Morgan fingerprint density at radius 1 is 0.931 bits per heavy atom. The first-order valence-electron chi connectivity index (χ1n) is 9.17. The molecule has 6 nitrogen and oxygen atoms in total. The minimum absolute atomic E-state index is 0.178. The molecule has 2 heterocycles. The summed E-state index contributed by atoms with van der Waals surface area (Å²) in [4.78, 5) is 13.0. The maximum atomic E-state index is 13.0. The summed E-state index contributed by atoms with van der Waals surface area (Å²) in [6.45, 7) is 0.391. The van der Waals surface area contributed by atoms with E-state index in [1.807, 2.05) is 54.6 Å². The second kappa shape index (κ2) is 7.24. The summed E-state index contributed by atoms with van der Waals surface area (Å²) in [5, 5.41) is 3.71. The van der Waals surface area contributed by atoms with Gasteiger partial charge in [0.05, 0.1) is 0 Å². The van der Waals surface area contributed by atoms with Crippen molar-refractivity contribution in [2.75, 3.05) is 12.1 Å². The standard InChI is InChI=1S/C23H17NO5/c25-23(24-15-10-11-20-21(12-15)28-14-27-20)22-18(13-26-16-6-2-1-3-7-16)17-8-4-5-9-19(17)29-22/h1-12H,13-14H2,(H,24,25).